The van der Waals surface area contributed by atoms with Gasteiger partial charge in [-0.1, -0.05) is 0 Å². The zero-order valence-electron chi connectivity index (χ0n) is 27.3. The molecule has 4 heterocycles. The maximum Gasteiger partial charge on any atom is 0.410 e. The Labute approximate surface area is 269 Å². The minimum absolute atomic E-state index is 0.0475. The van der Waals surface area contributed by atoms with Gasteiger partial charge in [0.15, 0.2) is 11.6 Å². The van der Waals surface area contributed by atoms with Crippen LogP contribution in [0.25, 0.3) is 0 Å². The Kier molecular flexibility index (Phi) is 8.24. The number of hydrogen-bond acceptors (Lipinski definition) is 9. The first kappa shape index (κ1) is 31.5. The molecule has 1 aliphatic carbocycles. The summed E-state index contributed by atoms with van der Waals surface area (Å²) in [5.74, 6) is 0.528. The van der Waals surface area contributed by atoms with Crippen molar-refractivity contribution in [1.82, 2.24) is 24.8 Å². The average molecular weight is 632 g/mol. The molecule has 2 fully saturated rings. The molecule has 1 saturated carbocycles. The van der Waals surface area contributed by atoms with Crippen molar-refractivity contribution in [1.29, 1.82) is 0 Å². The Balaban J connectivity index is 1.08. The van der Waals surface area contributed by atoms with Crippen LogP contribution in [0.1, 0.15) is 76.0 Å². The van der Waals surface area contributed by atoms with Gasteiger partial charge in [0.1, 0.15) is 23.5 Å². The highest BCUT2D eigenvalue weighted by molar-refractivity contribution is 5.97. The predicted molar refractivity (Wildman–Crippen MR) is 171 cm³/mol. The number of aromatic nitrogens is 3. The summed E-state index contributed by atoms with van der Waals surface area (Å²) in [7, 11) is 0. The van der Waals surface area contributed by atoms with E-state index in [1.54, 1.807) is 22.2 Å². The van der Waals surface area contributed by atoms with Gasteiger partial charge in [0.25, 0.3) is 5.91 Å². The lowest BCUT2D eigenvalue weighted by Gasteiger charge is -2.59. The summed E-state index contributed by atoms with van der Waals surface area (Å²) in [5.41, 5.74) is 2.73. The number of ether oxygens (including phenoxy) is 2. The lowest BCUT2D eigenvalue weighted by Crippen LogP contribution is -2.65. The van der Waals surface area contributed by atoms with Crippen LogP contribution in [0.2, 0.25) is 0 Å². The minimum Gasteiger partial charge on any atom is -0.451 e. The molecule has 12 heteroatoms. The Morgan fingerprint density at radius 1 is 1.13 bits per heavy atom. The van der Waals surface area contributed by atoms with Gasteiger partial charge in [0.05, 0.1) is 30.5 Å². The van der Waals surface area contributed by atoms with Gasteiger partial charge in [-0.15, -0.1) is 0 Å². The van der Waals surface area contributed by atoms with Crippen molar-refractivity contribution in [3.05, 3.63) is 65.6 Å². The maximum atomic E-state index is 14.3. The highest BCUT2D eigenvalue weighted by atomic mass is 19.1. The summed E-state index contributed by atoms with van der Waals surface area (Å²) in [6, 6.07) is 6.23. The van der Waals surface area contributed by atoms with Crippen LogP contribution < -0.4 is 15.0 Å². The first-order valence-electron chi connectivity index (χ1n) is 15.9. The van der Waals surface area contributed by atoms with Gasteiger partial charge in [-0.2, -0.15) is 0 Å². The van der Waals surface area contributed by atoms with E-state index in [9.17, 15) is 14.0 Å². The smallest absolute Gasteiger partial charge is 0.410 e. The van der Waals surface area contributed by atoms with E-state index in [1.165, 1.54) is 24.5 Å². The topological polar surface area (TPSA) is 113 Å². The number of rotatable bonds is 8. The summed E-state index contributed by atoms with van der Waals surface area (Å²) in [6.07, 6.45) is 6.52. The summed E-state index contributed by atoms with van der Waals surface area (Å²) in [4.78, 5) is 44.7. The van der Waals surface area contributed by atoms with Gasteiger partial charge in [0, 0.05) is 54.6 Å². The van der Waals surface area contributed by atoms with Crippen LogP contribution in [0, 0.1) is 11.2 Å². The van der Waals surface area contributed by atoms with E-state index in [0.717, 1.165) is 42.9 Å². The molecule has 3 aromatic rings. The molecular formula is C34H42FN7O4. The monoisotopic (exact) mass is 631 g/mol. The molecule has 1 aromatic carbocycles. The first-order valence-corrected chi connectivity index (χ1v) is 15.9. The molecule has 2 aromatic heterocycles. The molecule has 244 valence electrons. The number of pyridine rings is 1. The fourth-order valence-corrected chi connectivity index (χ4v) is 6.74. The zero-order valence-corrected chi connectivity index (χ0v) is 27.3. The largest absolute Gasteiger partial charge is 0.451 e. The van der Waals surface area contributed by atoms with Gasteiger partial charge in [-0.05, 0) is 78.6 Å². The minimum atomic E-state index is -0.553. The molecule has 1 saturated heterocycles. The molecule has 3 aliphatic rings. The molecule has 11 nitrogen and oxygen atoms in total. The van der Waals surface area contributed by atoms with Crippen molar-refractivity contribution >= 4 is 23.5 Å². The van der Waals surface area contributed by atoms with E-state index in [4.69, 9.17) is 9.47 Å². The normalized spacial score (nSPS) is 17.0. The van der Waals surface area contributed by atoms with Crippen molar-refractivity contribution < 1.29 is 23.5 Å². The molecule has 6 rings (SSSR count). The number of anilines is 2. The van der Waals surface area contributed by atoms with Crippen LogP contribution in [0.4, 0.5) is 20.7 Å². The van der Waals surface area contributed by atoms with Crippen molar-refractivity contribution in [2.24, 2.45) is 5.41 Å². The van der Waals surface area contributed by atoms with Gasteiger partial charge in [0.2, 0.25) is 0 Å². The second-order valence-electron chi connectivity index (χ2n) is 13.9. The third-order valence-electron chi connectivity index (χ3n) is 8.83. The van der Waals surface area contributed by atoms with E-state index in [-0.39, 0.29) is 34.8 Å². The SMILES string of the molecule is CCN(C(=O)c1cc(F)ccc1Oc1cncnc1N1CC2(CC(Nc3ccnc4c3CN(C(=O)OC(C)(C)C)C4)C2)C1)C(C)C. The molecule has 2 aliphatic heterocycles. The van der Waals surface area contributed by atoms with Crippen molar-refractivity contribution in [2.45, 2.75) is 85.2 Å². The summed E-state index contributed by atoms with van der Waals surface area (Å²) < 4.78 is 26.1. The lowest BCUT2D eigenvalue weighted by molar-refractivity contribution is 0.0240. The lowest BCUT2D eigenvalue weighted by atomic mass is 9.60. The number of nitrogens with one attached hydrogen (secondary N) is 1. The number of fused-ring (bicyclic) bond motifs is 1. The third-order valence-corrected chi connectivity index (χ3v) is 8.83. The number of halogens is 1. The van der Waals surface area contributed by atoms with Gasteiger partial charge in [-0.3, -0.25) is 14.7 Å². The third kappa shape index (κ3) is 6.29. The maximum absolute atomic E-state index is 14.3. The molecule has 0 radical (unpaired) electrons. The van der Waals surface area contributed by atoms with E-state index < -0.39 is 11.4 Å². The van der Waals surface area contributed by atoms with E-state index in [1.807, 2.05) is 47.6 Å². The first-order chi connectivity index (χ1) is 21.8. The van der Waals surface area contributed by atoms with Gasteiger partial charge < -0.3 is 24.6 Å². The van der Waals surface area contributed by atoms with Crippen LogP contribution >= 0.6 is 0 Å². The number of carbonyl (C=O) groups is 2. The summed E-state index contributed by atoms with van der Waals surface area (Å²) in [6.45, 7) is 14.4. The molecule has 0 unspecified atom stereocenters. The van der Waals surface area contributed by atoms with Crippen molar-refractivity contribution in [2.75, 3.05) is 29.9 Å². The standard InChI is InChI=1S/C34H42FN7O4/c1-7-42(21(2)3)31(43)24-12-22(35)8-9-28(24)45-29-15-36-20-38-30(29)41-18-34(19-41)13-23(14-34)39-26-10-11-37-27-17-40(16-25(26)27)32(44)46-33(4,5)6/h8-12,15,20-21,23H,7,13-14,16-19H2,1-6H3,(H,37,39). The molecule has 2 amide bonds. The van der Waals surface area contributed by atoms with Gasteiger partial charge in [-0.25, -0.2) is 19.2 Å². The zero-order chi connectivity index (χ0) is 32.8. The number of benzene rings is 1. The van der Waals surface area contributed by atoms with Crippen LogP contribution in [0.15, 0.2) is 43.0 Å². The second kappa shape index (κ2) is 12.0. The molecule has 1 N–H and O–H groups in total. The van der Waals surface area contributed by atoms with E-state index in [0.29, 0.717) is 37.2 Å². The number of hydrogen-bond donors (Lipinski definition) is 1. The Hall–Kier alpha value is -4.48. The van der Waals surface area contributed by atoms with E-state index in [2.05, 4.69) is 25.2 Å². The van der Waals surface area contributed by atoms with Crippen LogP contribution in [0.3, 0.4) is 0 Å². The predicted octanol–water partition coefficient (Wildman–Crippen LogP) is 6.01. The molecular weight excluding hydrogens is 589 g/mol. The second-order valence-corrected chi connectivity index (χ2v) is 13.9. The number of carbonyl (C=O) groups excluding carboxylic acids is 2. The summed E-state index contributed by atoms with van der Waals surface area (Å²) in [5, 5.41) is 3.70. The Morgan fingerprint density at radius 3 is 2.59 bits per heavy atom. The number of nitrogens with zero attached hydrogens (tertiary/aromatic N) is 6. The number of amides is 2. The Morgan fingerprint density at radius 2 is 1.89 bits per heavy atom. The van der Waals surface area contributed by atoms with Crippen LogP contribution in [-0.2, 0) is 17.8 Å². The van der Waals surface area contributed by atoms with Crippen LogP contribution in [-0.4, -0.2) is 74.1 Å². The molecule has 0 bridgehead atoms. The molecule has 0 atom stereocenters. The summed E-state index contributed by atoms with van der Waals surface area (Å²) >= 11 is 0. The fourth-order valence-electron chi connectivity index (χ4n) is 6.74. The fraction of sp³-hybridized carbons (Fsp3) is 0.500. The van der Waals surface area contributed by atoms with Crippen molar-refractivity contribution in [3.8, 4) is 11.5 Å². The average Bonchev–Trinajstić information content (AvgIpc) is 3.40. The van der Waals surface area contributed by atoms with Crippen molar-refractivity contribution in [3.63, 3.8) is 0 Å². The quantitative estimate of drug-likeness (QED) is 0.320. The highest BCUT2D eigenvalue weighted by Gasteiger charge is 2.53. The van der Waals surface area contributed by atoms with E-state index >= 15 is 0 Å². The molecule has 46 heavy (non-hydrogen) atoms. The van der Waals surface area contributed by atoms with Crippen LogP contribution in [0.5, 0.6) is 11.5 Å². The van der Waals surface area contributed by atoms with Gasteiger partial charge >= 0.3 is 6.09 Å². The highest BCUT2D eigenvalue weighted by Crippen LogP contribution is 2.52. The molecule has 1 spiro atoms. The Bertz CT molecular complexity index is 1630.